The first-order valence-electron chi connectivity index (χ1n) is 5.15. The smallest absolute Gasteiger partial charge is 0.0671 e. The Labute approximate surface area is 80.6 Å². The van der Waals surface area contributed by atoms with Gasteiger partial charge in [-0.15, -0.1) is 0 Å². The fourth-order valence-corrected chi connectivity index (χ4v) is 2.12. The molecular formula is C10H20N2O. The van der Waals surface area contributed by atoms with Crippen molar-refractivity contribution in [1.82, 2.24) is 9.80 Å². The molecule has 1 unspecified atom stereocenters. The Morgan fingerprint density at radius 2 is 2.00 bits per heavy atom. The lowest BCUT2D eigenvalue weighted by atomic mass is 9.96. The van der Waals surface area contributed by atoms with Gasteiger partial charge < -0.3 is 9.64 Å². The summed E-state index contributed by atoms with van der Waals surface area (Å²) in [5.74, 6) is 0. The average Bonchev–Trinajstić information content (AvgIpc) is 2.06. The van der Waals surface area contributed by atoms with Crippen molar-refractivity contribution in [3.05, 3.63) is 0 Å². The quantitative estimate of drug-likeness (QED) is 0.587. The molecule has 1 atom stereocenters. The lowest BCUT2D eigenvalue weighted by Crippen LogP contribution is -2.65. The van der Waals surface area contributed by atoms with Crippen molar-refractivity contribution in [2.75, 3.05) is 39.9 Å². The minimum Gasteiger partial charge on any atom is -0.377 e. The van der Waals surface area contributed by atoms with E-state index >= 15 is 0 Å². The van der Waals surface area contributed by atoms with Crippen LogP contribution in [0.5, 0.6) is 0 Å². The standard InChI is InChI=1S/C10H20N2O/c1-9-6-12(5-4-11(9)3)10(2)7-13-8-10/h9H,4-8H2,1-3H3. The predicted octanol–water partition coefficient (Wildman–Crippen LogP) is 0.411. The minimum atomic E-state index is 0.343. The zero-order valence-corrected chi connectivity index (χ0v) is 8.92. The van der Waals surface area contributed by atoms with E-state index in [0.717, 1.165) is 13.2 Å². The summed E-state index contributed by atoms with van der Waals surface area (Å²) in [6.45, 7) is 10.0. The summed E-state index contributed by atoms with van der Waals surface area (Å²) in [5.41, 5.74) is 0.343. The first-order valence-corrected chi connectivity index (χ1v) is 5.15. The van der Waals surface area contributed by atoms with Crippen molar-refractivity contribution in [3.63, 3.8) is 0 Å². The molecule has 76 valence electrons. The second-order valence-electron chi connectivity index (χ2n) is 4.77. The highest BCUT2D eigenvalue weighted by atomic mass is 16.5. The van der Waals surface area contributed by atoms with Crippen molar-refractivity contribution in [2.24, 2.45) is 0 Å². The number of hydrogen-bond acceptors (Lipinski definition) is 3. The molecule has 0 amide bonds. The third kappa shape index (κ3) is 1.60. The normalized spacial score (nSPS) is 35.8. The number of rotatable bonds is 1. The number of ether oxygens (including phenoxy) is 1. The summed E-state index contributed by atoms with van der Waals surface area (Å²) in [4.78, 5) is 5.01. The second kappa shape index (κ2) is 3.23. The molecule has 2 fully saturated rings. The minimum absolute atomic E-state index is 0.343. The van der Waals surface area contributed by atoms with Crippen LogP contribution in [0.3, 0.4) is 0 Å². The summed E-state index contributed by atoms with van der Waals surface area (Å²) in [5, 5.41) is 0. The van der Waals surface area contributed by atoms with Crippen LogP contribution >= 0.6 is 0 Å². The second-order valence-corrected chi connectivity index (χ2v) is 4.77. The van der Waals surface area contributed by atoms with E-state index in [1.807, 2.05) is 0 Å². The SMILES string of the molecule is CC1CN(C2(C)COC2)CCN1C. The molecule has 2 rings (SSSR count). The molecule has 3 heteroatoms. The summed E-state index contributed by atoms with van der Waals surface area (Å²) >= 11 is 0. The van der Waals surface area contributed by atoms with Gasteiger partial charge in [0.05, 0.1) is 18.8 Å². The molecule has 13 heavy (non-hydrogen) atoms. The lowest BCUT2D eigenvalue weighted by Gasteiger charge is -2.51. The molecule has 0 aromatic carbocycles. The summed E-state index contributed by atoms with van der Waals surface area (Å²) < 4.78 is 5.30. The Morgan fingerprint density at radius 1 is 1.31 bits per heavy atom. The van der Waals surface area contributed by atoms with Crippen molar-refractivity contribution in [1.29, 1.82) is 0 Å². The molecule has 2 saturated heterocycles. The van der Waals surface area contributed by atoms with Gasteiger partial charge in [-0.3, -0.25) is 4.90 Å². The zero-order valence-electron chi connectivity index (χ0n) is 8.92. The van der Waals surface area contributed by atoms with Crippen LogP contribution in [0.1, 0.15) is 13.8 Å². The van der Waals surface area contributed by atoms with Gasteiger partial charge in [-0.1, -0.05) is 0 Å². The maximum Gasteiger partial charge on any atom is 0.0671 e. The van der Waals surface area contributed by atoms with Crippen LogP contribution in [-0.2, 0) is 4.74 Å². The van der Waals surface area contributed by atoms with Gasteiger partial charge in [0.2, 0.25) is 0 Å². The van der Waals surface area contributed by atoms with E-state index in [9.17, 15) is 0 Å². The summed E-state index contributed by atoms with van der Waals surface area (Å²) in [6, 6.07) is 0.686. The first kappa shape index (κ1) is 9.44. The first-order chi connectivity index (χ1) is 6.12. The topological polar surface area (TPSA) is 15.7 Å². The van der Waals surface area contributed by atoms with Crippen LogP contribution < -0.4 is 0 Å². The molecule has 2 aliphatic heterocycles. The molecular weight excluding hydrogens is 164 g/mol. The van der Waals surface area contributed by atoms with Crippen LogP contribution in [0.2, 0.25) is 0 Å². The van der Waals surface area contributed by atoms with E-state index < -0.39 is 0 Å². The van der Waals surface area contributed by atoms with Crippen LogP contribution in [-0.4, -0.2) is 61.3 Å². The average molecular weight is 184 g/mol. The van der Waals surface area contributed by atoms with Gasteiger partial charge >= 0.3 is 0 Å². The molecule has 3 nitrogen and oxygen atoms in total. The molecule has 2 heterocycles. The van der Waals surface area contributed by atoms with Crippen LogP contribution in [0.15, 0.2) is 0 Å². The Balaban J connectivity index is 1.94. The number of hydrogen-bond donors (Lipinski definition) is 0. The fourth-order valence-electron chi connectivity index (χ4n) is 2.12. The number of likely N-dealkylation sites (N-methyl/N-ethyl adjacent to an activating group) is 1. The van der Waals surface area contributed by atoms with E-state index in [1.54, 1.807) is 0 Å². The van der Waals surface area contributed by atoms with Gasteiger partial charge in [-0.25, -0.2) is 0 Å². The summed E-state index contributed by atoms with van der Waals surface area (Å²) in [7, 11) is 2.21. The van der Waals surface area contributed by atoms with Crippen molar-refractivity contribution >= 4 is 0 Å². The van der Waals surface area contributed by atoms with E-state index in [2.05, 4.69) is 30.7 Å². The molecule has 0 aromatic heterocycles. The van der Waals surface area contributed by atoms with Crippen molar-refractivity contribution in [3.8, 4) is 0 Å². The van der Waals surface area contributed by atoms with Crippen molar-refractivity contribution < 1.29 is 4.74 Å². The van der Waals surface area contributed by atoms with E-state index in [-0.39, 0.29) is 0 Å². The molecule has 0 spiro atoms. The highest BCUT2D eigenvalue weighted by molar-refractivity contribution is 4.95. The molecule has 0 aliphatic carbocycles. The highest BCUT2D eigenvalue weighted by Gasteiger charge is 2.41. The van der Waals surface area contributed by atoms with E-state index in [0.29, 0.717) is 11.6 Å². The molecule has 0 bridgehead atoms. The van der Waals surface area contributed by atoms with Crippen LogP contribution in [0, 0.1) is 0 Å². The van der Waals surface area contributed by atoms with Crippen LogP contribution in [0.25, 0.3) is 0 Å². The number of piperazine rings is 1. The third-order valence-corrected chi connectivity index (χ3v) is 3.55. The third-order valence-electron chi connectivity index (χ3n) is 3.55. The summed E-state index contributed by atoms with van der Waals surface area (Å²) in [6.07, 6.45) is 0. The monoisotopic (exact) mass is 184 g/mol. The number of nitrogens with zero attached hydrogens (tertiary/aromatic N) is 2. The lowest BCUT2D eigenvalue weighted by molar-refractivity contribution is -0.144. The molecule has 0 N–H and O–H groups in total. The van der Waals surface area contributed by atoms with E-state index in [4.69, 9.17) is 4.74 Å². The molecule has 0 radical (unpaired) electrons. The Morgan fingerprint density at radius 3 is 2.46 bits per heavy atom. The Kier molecular flexibility index (Phi) is 2.34. The maximum atomic E-state index is 5.30. The zero-order chi connectivity index (χ0) is 9.47. The van der Waals surface area contributed by atoms with Gasteiger partial charge in [0.1, 0.15) is 0 Å². The highest BCUT2D eigenvalue weighted by Crippen LogP contribution is 2.26. The predicted molar refractivity (Wildman–Crippen MR) is 52.9 cm³/mol. The molecule has 2 aliphatic rings. The maximum absolute atomic E-state index is 5.30. The Bertz CT molecular complexity index is 191. The fraction of sp³-hybridized carbons (Fsp3) is 1.00. The van der Waals surface area contributed by atoms with Crippen molar-refractivity contribution in [2.45, 2.75) is 25.4 Å². The van der Waals surface area contributed by atoms with Gasteiger partial charge in [-0.2, -0.15) is 0 Å². The largest absolute Gasteiger partial charge is 0.377 e. The molecule has 0 aromatic rings. The van der Waals surface area contributed by atoms with E-state index in [1.165, 1.54) is 19.6 Å². The van der Waals surface area contributed by atoms with Crippen LogP contribution in [0.4, 0.5) is 0 Å². The van der Waals surface area contributed by atoms with Gasteiger partial charge in [0, 0.05) is 25.7 Å². The van der Waals surface area contributed by atoms with Gasteiger partial charge in [0.25, 0.3) is 0 Å². The van der Waals surface area contributed by atoms with Gasteiger partial charge in [0.15, 0.2) is 0 Å². The Hall–Kier alpha value is -0.120. The van der Waals surface area contributed by atoms with Gasteiger partial charge in [-0.05, 0) is 20.9 Å². The molecule has 0 saturated carbocycles.